The molecule has 1 aliphatic rings. The van der Waals surface area contributed by atoms with Gasteiger partial charge in [-0.3, -0.25) is 0 Å². The van der Waals surface area contributed by atoms with Gasteiger partial charge in [-0.1, -0.05) is 81.6 Å². The highest BCUT2D eigenvalue weighted by Crippen LogP contribution is 2.39. The Morgan fingerprint density at radius 3 is 2.24 bits per heavy atom. The second-order valence-corrected chi connectivity index (χ2v) is 10.2. The smallest absolute Gasteiger partial charge is 0.387 e. The first-order valence-electron chi connectivity index (χ1n) is 13.5. The highest BCUT2D eigenvalue weighted by atomic mass is 19.3. The minimum absolute atomic E-state index is 0.0819. The van der Waals surface area contributed by atoms with Gasteiger partial charge in [0, 0.05) is 10.9 Å². The summed E-state index contributed by atoms with van der Waals surface area (Å²) in [6.07, 6.45) is 12.8. The molecule has 0 bridgehead atoms. The van der Waals surface area contributed by atoms with Crippen molar-refractivity contribution in [3.05, 3.63) is 76.6 Å². The molecule has 0 atom stereocenters. The summed E-state index contributed by atoms with van der Waals surface area (Å²) in [4.78, 5) is 0. The molecule has 1 aliphatic carbocycles. The van der Waals surface area contributed by atoms with E-state index in [0.29, 0.717) is 11.3 Å². The molecule has 0 amide bonds. The van der Waals surface area contributed by atoms with Crippen LogP contribution in [0.5, 0.6) is 5.75 Å². The van der Waals surface area contributed by atoms with E-state index in [1.54, 1.807) is 18.2 Å². The van der Waals surface area contributed by atoms with Crippen molar-refractivity contribution in [1.29, 1.82) is 0 Å². The lowest BCUT2D eigenvalue weighted by molar-refractivity contribution is -0.0546. The Kier molecular flexibility index (Phi) is 9.66. The van der Waals surface area contributed by atoms with Crippen LogP contribution in [0.1, 0.15) is 93.7 Å². The number of unbranched alkanes of at least 4 members (excludes halogenated alkanes) is 4. The summed E-state index contributed by atoms with van der Waals surface area (Å²) in [7, 11) is 0. The van der Waals surface area contributed by atoms with E-state index in [1.165, 1.54) is 56.9 Å². The number of benzene rings is 3. The molecule has 0 aromatic heterocycles. The van der Waals surface area contributed by atoms with E-state index < -0.39 is 29.8 Å². The Balaban J connectivity index is 1.42. The predicted octanol–water partition coefficient (Wildman–Crippen LogP) is 9.89. The van der Waals surface area contributed by atoms with Crippen LogP contribution < -0.4 is 4.74 Å². The average Bonchev–Trinajstić information content (AvgIpc) is 2.90. The summed E-state index contributed by atoms with van der Waals surface area (Å²) < 4.78 is 71.6. The quantitative estimate of drug-likeness (QED) is 0.153. The minimum atomic E-state index is -3.36. The summed E-state index contributed by atoms with van der Waals surface area (Å²) in [5.41, 5.74) is 1.20. The molecule has 1 nitrogen and oxygen atoms in total. The van der Waals surface area contributed by atoms with Crippen LogP contribution in [0.4, 0.5) is 22.0 Å². The normalized spacial score (nSPS) is 17.4. The molecule has 0 aliphatic heterocycles. The van der Waals surface area contributed by atoms with Gasteiger partial charge in [0.1, 0.15) is 5.82 Å². The summed E-state index contributed by atoms with van der Waals surface area (Å²) in [6, 6.07) is 10.7. The summed E-state index contributed by atoms with van der Waals surface area (Å²) in [6.45, 7) is -1.12. The van der Waals surface area contributed by atoms with Crippen LogP contribution in [0.15, 0.2) is 42.5 Å². The molecule has 202 valence electrons. The standard InChI is InChI=1S/C32H33F5O/c1-2-3-4-5-6-7-21-8-11-23(12-9-21)25-16-17-27-26(20-25)15-14-24(30(27)35)13-10-22-18-28(33)31(29(34)19-22)38-32(36)37/h14-21,23,32H,2-9,11-12H2,1H3. The molecule has 0 radical (unpaired) electrons. The van der Waals surface area contributed by atoms with Crippen molar-refractivity contribution in [1.82, 2.24) is 0 Å². The SMILES string of the molecule is CCCCCCCC1CCC(c2ccc3c(F)c(C#Cc4cc(F)c(OC(F)F)c(F)c4)ccc3c2)CC1. The highest BCUT2D eigenvalue weighted by molar-refractivity contribution is 5.85. The van der Waals surface area contributed by atoms with Crippen LogP contribution in [-0.4, -0.2) is 6.61 Å². The van der Waals surface area contributed by atoms with Crippen LogP contribution in [0.3, 0.4) is 0 Å². The Bertz CT molecular complexity index is 1280. The lowest BCUT2D eigenvalue weighted by Crippen LogP contribution is -2.13. The van der Waals surface area contributed by atoms with Crippen molar-refractivity contribution in [2.45, 2.75) is 83.7 Å². The lowest BCUT2D eigenvalue weighted by Gasteiger charge is -2.29. The van der Waals surface area contributed by atoms with Gasteiger partial charge in [0.2, 0.25) is 0 Å². The van der Waals surface area contributed by atoms with Crippen molar-refractivity contribution in [3.63, 3.8) is 0 Å². The molecule has 6 heteroatoms. The summed E-state index contributed by atoms with van der Waals surface area (Å²) >= 11 is 0. The van der Waals surface area contributed by atoms with E-state index in [9.17, 15) is 17.6 Å². The van der Waals surface area contributed by atoms with Crippen molar-refractivity contribution >= 4 is 10.8 Å². The first kappa shape index (κ1) is 28.0. The largest absolute Gasteiger partial charge is 0.429 e. The third kappa shape index (κ3) is 7.07. The van der Waals surface area contributed by atoms with E-state index >= 15 is 4.39 Å². The second kappa shape index (κ2) is 13.1. The zero-order valence-electron chi connectivity index (χ0n) is 21.6. The lowest BCUT2D eigenvalue weighted by atomic mass is 9.76. The minimum Gasteiger partial charge on any atom is -0.429 e. The molecule has 0 spiro atoms. The van der Waals surface area contributed by atoms with Gasteiger partial charge in [-0.2, -0.15) is 8.78 Å². The number of hydrogen-bond donors (Lipinski definition) is 0. The zero-order valence-corrected chi connectivity index (χ0v) is 21.6. The molecule has 3 aromatic carbocycles. The monoisotopic (exact) mass is 528 g/mol. The first-order valence-corrected chi connectivity index (χ1v) is 13.5. The number of fused-ring (bicyclic) bond motifs is 1. The fourth-order valence-electron chi connectivity index (χ4n) is 5.46. The van der Waals surface area contributed by atoms with E-state index in [4.69, 9.17) is 0 Å². The van der Waals surface area contributed by atoms with Crippen molar-refractivity contribution in [2.24, 2.45) is 5.92 Å². The molecule has 38 heavy (non-hydrogen) atoms. The molecule has 1 fully saturated rings. The molecular formula is C32H33F5O. The number of hydrogen-bond acceptors (Lipinski definition) is 1. The molecular weight excluding hydrogens is 495 g/mol. The molecule has 0 heterocycles. The summed E-state index contributed by atoms with van der Waals surface area (Å²) in [5.74, 6) is 2.13. The molecule has 1 saturated carbocycles. The number of rotatable bonds is 9. The van der Waals surface area contributed by atoms with E-state index in [0.717, 1.165) is 36.3 Å². The molecule has 4 rings (SSSR count). The maximum atomic E-state index is 15.2. The van der Waals surface area contributed by atoms with Crippen LogP contribution in [-0.2, 0) is 0 Å². The third-order valence-corrected chi connectivity index (χ3v) is 7.56. The Morgan fingerprint density at radius 2 is 1.55 bits per heavy atom. The summed E-state index contributed by atoms with van der Waals surface area (Å²) in [5, 5.41) is 1.22. The predicted molar refractivity (Wildman–Crippen MR) is 141 cm³/mol. The number of ether oxygens (including phenoxy) is 1. The Morgan fingerprint density at radius 1 is 0.842 bits per heavy atom. The number of halogens is 5. The van der Waals surface area contributed by atoms with Crippen molar-refractivity contribution in [2.75, 3.05) is 0 Å². The van der Waals surface area contributed by atoms with Crippen LogP contribution in [0, 0.1) is 35.2 Å². The van der Waals surface area contributed by atoms with Crippen LogP contribution in [0.2, 0.25) is 0 Å². The molecule has 0 N–H and O–H groups in total. The molecule has 3 aromatic rings. The molecule has 0 unspecified atom stereocenters. The fourth-order valence-corrected chi connectivity index (χ4v) is 5.46. The van der Waals surface area contributed by atoms with E-state index in [2.05, 4.69) is 29.6 Å². The van der Waals surface area contributed by atoms with Crippen molar-refractivity contribution in [3.8, 4) is 17.6 Å². The average molecular weight is 529 g/mol. The maximum absolute atomic E-state index is 15.2. The van der Waals surface area contributed by atoms with Gasteiger partial charge >= 0.3 is 6.61 Å². The third-order valence-electron chi connectivity index (χ3n) is 7.56. The van der Waals surface area contributed by atoms with E-state index in [-0.39, 0.29) is 11.1 Å². The van der Waals surface area contributed by atoms with Gasteiger partial charge in [0.05, 0.1) is 5.56 Å². The Labute approximate surface area is 221 Å². The van der Waals surface area contributed by atoms with Gasteiger partial charge < -0.3 is 4.74 Å². The second-order valence-electron chi connectivity index (χ2n) is 10.2. The van der Waals surface area contributed by atoms with Gasteiger partial charge in [-0.15, -0.1) is 0 Å². The van der Waals surface area contributed by atoms with Crippen molar-refractivity contribution < 1.29 is 26.7 Å². The fraction of sp³-hybridized carbons (Fsp3) is 0.438. The van der Waals surface area contributed by atoms with Crippen LogP contribution >= 0.6 is 0 Å². The highest BCUT2D eigenvalue weighted by Gasteiger charge is 2.22. The maximum Gasteiger partial charge on any atom is 0.387 e. The van der Waals surface area contributed by atoms with Crippen LogP contribution in [0.25, 0.3) is 10.8 Å². The number of alkyl halides is 2. The van der Waals surface area contributed by atoms with Gasteiger partial charge in [0.25, 0.3) is 0 Å². The first-order chi connectivity index (χ1) is 18.4. The zero-order chi connectivity index (χ0) is 27.1. The molecule has 0 saturated heterocycles. The van der Waals surface area contributed by atoms with Gasteiger partial charge in [0.15, 0.2) is 17.4 Å². The van der Waals surface area contributed by atoms with E-state index in [1.807, 2.05) is 6.07 Å². The Hall–Kier alpha value is -3.07. The van der Waals surface area contributed by atoms with Gasteiger partial charge in [-0.25, -0.2) is 13.2 Å². The van der Waals surface area contributed by atoms with Gasteiger partial charge in [-0.05, 0) is 66.7 Å². The topological polar surface area (TPSA) is 9.23 Å².